The maximum absolute atomic E-state index is 13.2. The fourth-order valence-electron chi connectivity index (χ4n) is 3.26. The molecule has 1 aliphatic heterocycles. The Morgan fingerprint density at radius 3 is 2.81 bits per heavy atom. The predicted molar refractivity (Wildman–Crippen MR) is 95.5 cm³/mol. The largest absolute Gasteiger partial charge is 0.355 e. The summed E-state index contributed by atoms with van der Waals surface area (Å²) in [6.07, 6.45) is 3.06. The van der Waals surface area contributed by atoms with Crippen LogP contribution in [0.5, 0.6) is 0 Å². The second kappa shape index (κ2) is 6.70. The van der Waals surface area contributed by atoms with E-state index < -0.39 is 0 Å². The molecule has 2 aromatic heterocycles. The van der Waals surface area contributed by atoms with Crippen LogP contribution in [0.25, 0.3) is 5.65 Å². The second-order valence-electron chi connectivity index (χ2n) is 6.54. The molecule has 1 saturated heterocycles. The van der Waals surface area contributed by atoms with E-state index in [1.165, 1.54) is 12.1 Å². The lowest BCUT2D eigenvalue weighted by atomic mass is 9.95. The van der Waals surface area contributed by atoms with Gasteiger partial charge in [-0.15, -0.1) is 15.3 Å². The molecule has 1 aliphatic rings. The summed E-state index contributed by atoms with van der Waals surface area (Å²) in [6, 6.07) is 8.19. The lowest BCUT2D eigenvalue weighted by molar-refractivity contribution is -0.120. The second-order valence-corrected chi connectivity index (χ2v) is 6.54. The van der Waals surface area contributed by atoms with Crippen LogP contribution in [0.2, 0.25) is 0 Å². The molecule has 3 aromatic rings. The number of carbonyl (C=O) groups is 1. The van der Waals surface area contributed by atoms with Crippen molar-refractivity contribution in [3.05, 3.63) is 48.0 Å². The van der Waals surface area contributed by atoms with E-state index in [9.17, 15) is 9.18 Å². The van der Waals surface area contributed by atoms with Crippen LogP contribution < -0.4 is 10.2 Å². The molecule has 0 bridgehead atoms. The van der Waals surface area contributed by atoms with E-state index in [0.29, 0.717) is 11.3 Å². The molecule has 134 valence electrons. The number of benzene rings is 1. The van der Waals surface area contributed by atoms with Gasteiger partial charge in [0.1, 0.15) is 18.0 Å². The van der Waals surface area contributed by atoms with Gasteiger partial charge in [-0.3, -0.25) is 4.79 Å². The minimum absolute atomic E-state index is 0.0124. The molecular weight excluding hydrogens is 335 g/mol. The number of aromatic nitrogens is 4. The molecule has 1 aromatic carbocycles. The molecule has 0 spiro atoms. The van der Waals surface area contributed by atoms with Crippen molar-refractivity contribution in [2.45, 2.75) is 19.8 Å². The highest BCUT2D eigenvalue weighted by molar-refractivity contribution is 5.93. The lowest BCUT2D eigenvalue weighted by Gasteiger charge is -2.32. The first kappa shape index (κ1) is 16.4. The van der Waals surface area contributed by atoms with Crippen LogP contribution in [0.15, 0.2) is 36.7 Å². The first-order valence-electron chi connectivity index (χ1n) is 8.59. The van der Waals surface area contributed by atoms with Gasteiger partial charge in [0.05, 0.1) is 0 Å². The van der Waals surface area contributed by atoms with Crippen LogP contribution in [0.1, 0.15) is 18.4 Å². The smallest absolute Gasteiger partial charge is 0.227 e. The van der Waals surface area contributed by atoms with Crippen LogP contribution in [-0.2, 0) is 4.79 Å². The Morgan fingerprint density at radius 1 is 1.23 bits per heavy atom. The minimum Gasteiger partial charge on any atom is -0.355 e. The molecule has 0 atom stereocenters. The summed E-state index contributed by atoms with van der Waals surface area (Å²) in [5.74, 6) is 0.479. The van der Waals surface area contributed by atoms with E-state index in [2.05, 4.69) is 25.5 Å². The molecule has 7 nitrogen and oxygen atoms in total. The molecule has 4 rings (SSSR count). The van der Waals surface area contributed by atoms with Gasteiger partial charge in [0.2, 0.25) is 5.91 Å². The highest BCUT2D eigenvalue weighted by Gasteiger charge is 2.26. The number of amides is 1. The lowest BCUT2D eigenvalue weighted by Crippen LogP contribution is -2.38. The maximum Gasteiger partial charge on any atom is 0.227 e. The number of halogens is 1. The zero-order chi connectivity index (χ0) is 18.1. The summed E-state index contributed by atoms with van der Waals surface area (Å²) >= 11 is 0. The van der Waals surface area contributed by atoms with E-state index >= 15 is 0 Å². The van der Waals surface area contributed by atoms with E-state index in [0.717, 1.165) is 37.3 Å². The topological polar surface area (TPSA) is 75.4 Å². The average Bonchev–Trinajstić information content (AvgIpc) is 3.12. The van der Waals surface area contributed by atoms with Gasteiger partial charge in [-0.25, -0.2) is 4.39 Å². The van der Waals surface area contributed by atoms with Crippen molar-refractivity contribution in [1.82, 2.24) is 19.8 Å². The zero-order valence-corrected chi connectivity index (χ0v) is 14.4. The third kappa shape index (κ3) is 3.22. The fourth-order valence-corrected chi connectivity index (χ4v) is 3.26. The zero-order valence-electron chi connectivity index (χ0n) is 14.4. The fraction of sp³-hybridized carbons (Fsp3) is 0.333. The van der Waals surface area contributed by atoms with Gasteiger partial charge in [0, 0.05) is 24.7 Å². The van der Waals surface area contributed by atoms with Gasteiger partial charge in [-0.05, 0) is 55.7 Å². The van der Waals surface area contributed by atoms with Gasteiger partial charge in [-0.1, -0.05) is 0 Å². The van der Waals surface area contributed by atoms with Crippen molar-refractivity contribution in [2.75, 3.05) is 23.3 Å². The van der Waals surface area contributed by atoms with Crippen molar-refractivity contribution < 1.29 is 9.18 Å². The third-order valence-corrected chi connectivity index (χ3v) is 4.78. The van der Waals surface area contributed by atoms with Crippen LogP contribution in [-0.4, -0.2) is 38.8 Å². The Hall–Kier alpha value is -3.03. The Morgan fingerprint density at radius 2 is 2.04 bits per heavy atom. The Labute approximate surface area is 149 Å². The van der Waals surface area contributed by atoms with E-state index in [-0.39, 0.29) is 17.6 Å². The summed E-state index contributed by atoms with van der Waals surface area (Å²) in [5.41, 5.74) is 2.10. The normalized spacial score (nSPS) is 15.4. The highest BCUT2D eigenvalue weighted by Crippen LogP contribution is 2.24. The van der Waals surface area contributed by atoms with Gasteiger partial charge < -0.3 is 10.2 Å². The van der Waals surface area contributed by atoms with E-state index in [1.54, 1.807) is 23.8 Å². The number of carbonyl (C=O) groups excluding carboxylic acids is 1. The summed E-state index contributed by atoms with van der Waals surface area (Å²) < 4.78 is 14.8. The monoisotopic (exact) mass is 354 g/mol. The van der Waals surface area contributed by atoms with Gasteiger partial charge in [0.25, 0.3) is 0 Å². The molecule has 0 unspecified atom stereocenters. The van der Waals surface area contributed by atoms with Crippen molar-refractivity contribution in [1.29, 1.82) is 0 Å². The number of rotatable bonds is 3. The molecular formula is C18H19FN6O. The maximum atomic E-state index is 13.2. The van der Waals surface area contributed by atoms with Crippen molar-refractivity contribution in [3.8, 4) is 0 Å². The number of anilines is 2. The number of aryl methyl sites for hydroxylation is 1. The minimum atomic E-state index is -0.300. The van der Waals surface area contributed by atoms with Gasteiger partial charge in [-0.2, -0.15) is 4.52 Å². The van der Waals surface area contributed by atoms with Crippen LogP contribution in [0.4, 0.5) is 15.9 Å². The quantitative estimate of drug-likeness (QED) is 0.782. The summed E-state index contributed by atoms with van der Waals surface area (Å²) in [5, 5.41) is 15.2. The van der Waals surface area contributed by atoms with Gasteiger partial charge in [0.15, 0.2) is 5.65 Å². The average molecular weight is 354 g/mol. The van der Waals surface area contributed by atoms with Crippen LogP contribution >= 0.6 is 0 Å². The Balaban J connectivity index is 1.38. The van der Waals surface area contributed by atoms with E-state index in [4.69, 9.17) is 0 Å². The number of hydrogen-bond donors (Lipinski definition) is 1. The summed E-state index contributed by atoms with van der Waals surface area (Å²) in [7, 11) is 0. The highest BCUT2D eigenvalue weighted by atomic mass is 19.1. The molecule has 8 heteroatoms. The summed E-state index contributed by atoms with van der Waals surface area (Å²) in [6.45, 7) is 3.29. The first-order valence-corrected chi connectivity index (χ1v) is 8.59. The molecule has 1 amide bonds. The molecule has 3 heterocycles. The molecule has 1 N–H and O–H groups in total. The number of piperidine rings is 1. The third-order valence-electron chi connectivity index (χ3n) is 4.78. The molecule has 0 saturated carbocycles. The first-order chi connectivity index (χ1) is 12.6. The number of hydrogen-bond acceptors (Lipinski definition) is 5. The predicted octanol–water partition coefficient (Wildman–Crippen LogP) is 2.43. The van der Waals surface area contributed by atoms with Crippen molar-refractivity contribution >= 4 is 23.1 Å². The molecule has 0 aliphatic carbocycles. The Kier molecular flexibility index (Phi) is 4.24. The van der Waals surface area contributed by atoms with E-state index in [1.807, 2.05) is 12.1 Å². The Bertz CT molecular complexity index is 948. The SMILES string of the molecule is Cc1cc(F)ccc1NC(=O)C1CCN(c2ccc3nncn3n2)CC1. The van der Waals surface area contributed by atoms with Crippen LogP contribution in [0, 0.1) is 18.7 Å². The number of fused-ring (bicyclic) bond motifs is 1. The molecule has 26 heavy (non-hydrogen) atoms. The van der Waals surface area contributed by atoms with Crippen LogP contribution in [0.3, 0.4) is 0 Å². The molecule has 0 radical (unpaired) electrons. The van der Waals surface area contributed by atoms with Gasteiger partial charge >= 0.3 is 0 Å². The number of nitrogens with zero attached hydrogens (tertiary/aromatic N) is 5. The van der Waals surface area contributed by atoms with Crippen molar-refractivity contribution in [2.24, 2.45) is 5.92 Å². The van der Waals surface area contributed by atoms with Crippen molar-refractivity contribution in [3.63, 3.8) is 0 Å². The number of nitrogens with one attached hydrogen (secondary N) is 1. The standard InChI is InChI=1S/C18H19FN6O/c1-12-10-14(19)2-3-15(12)21-18(26)13-6-8-24(9-7-13)17-5-4-16-22-20-11-25(16)23-17/h2-5,10-11,13H,6-9H2,1H3,(H,21,26). The molecule has 1 fully saturated rings. The summed E-state index contributed by atoms with van der Waals surface area (Å²) in [4.78, 5) is 14.7.